The molecule has 0 aliphatic carbocycles. The number of ether oxygens (including phenoxy) is 2. The first kappa shape index (κ1) is 26.2. The van der Waals surface area contributed by atoms with E-state index in [4.69, 9.17) is 9.47 Å². The lowest BCUT2D eigenvalue weighted by atomic mass is 9.84. The van der Waals surface area contributed by atoms with E-state index in [1.807, 2.05) is 0 Å². The number of carbonyl (C=O) groups is 2. The maximum absolute atomic E-state index is 12.2. The Labute approximate surface area is 183 Å². The van der Waals surface area contributed by atoms with E-state index in [9.17, 15) is 9.59 Å². The second-order valence-electron chi connectivity index (χ2n) is 11.2. The van der Waals surface area contributed by atoms with Gasteiger partial charge < -0.3 is 9.47 Å². The third-order valence-corrected chi connectivity index (χ3v) is 4.97. The van der Waals surface area contributed by atoms with E-state index in [1.165, 1.54) is 0 Å². The summed E-state index contributed by atoms with van der Waals surface area (Å²) in [7, 11) is 0. The van der Waals surface area contributed by atoms with Crippen molar-refractivity contribution >= 4 is 11.9 Å². The van der Waals surface area contributed by atoms with Gasteiger partial charge in [-0.05, 0) is 72.6 Å². The van der Waals surface area contributed by atoms with Crippen LogP contribution in [0, 0.1) is 22.7 Å². The number of rotatable bonds is 10. The van der Waals surface area contributed by atoms with Crippen LogP contribution in [0.2, 0.25) is 0 Å². The SMILES string of the molecule is CC(CCOC(=O)c1ccc(C(=O)OCCC(C)CC(C)(C)C)cc1)CC(C)(C)C. The average molecular weight is 419 g/mol. The molecule has 0 saturated heterocycles. The second kappa shape index (κ2) is 11.5. The van der Waals surface area contributed by atoms with Crippen molar-refractivity contribution in [1.82, 2.24) is 0 Å². The van der Waals surface area contributed by atoms with E-state index in [1.54, 1.807) is 24.3 Å². The molecule has 30 heavy (non-hydrogen) atoms. The van der Waals surface area contributed by atoms with E-state index in [-0.39, 0.29) is 22.8 Å². The van der Waals surface area contributed by atoms with Gasteiger partial charge in [0, 0.05) is 0 Å². The Morgan fingerprint density at radius 1 is 0.700 bits per heavy atom. The summed E-state index contributed by atoms with van der Waals surface area (Å²) in [5.41, 5.74) is 1.46. The van der Waals surface area contributed by atoms with Crippen LogP contribution < -0.4 is 0 Å². The Kier molecular flexibility index (Phi) is 10.1. The van der Waals surface area contributed by atoms with Crippen molar-refractivity contribution in [2.24, 2.45) is 22.7 Å². The van der Waals surface area contributed by atoms with Crippen LogP contribution in [0.4, 0.5) is 0 Å². The van der Waals surface area contributed by atoms with E-state index in [0.717, 1.165) is 25.7 Å². The molecule has 0 fully saturated rings. The lowest BCUT2D eigenvalue weighted by Crippen LogP contribution is -2.15. The van der Waals surface area contributed by atoms with Crippen molar-refractivity contribution in [3.8, 4) is 0 Å². The number of esters is 2. The quantitative estimate of drug-likeness (QED) is 0.387. The van der Waals surface area contributed by atoms with E-state index < -0.39 is 0 Å². The van der Waals surface area contributed by atoms with Gasteiger partial charge in [-0.2, -0.15) is 0 Å². The zero-order valence-corrected chi connectivity index (χ0v) is 20.3. The molecule has 2 atom stereocenters. The minimum absolute atomic E-state index is 0.276. The van der Waals surface area contributed by atoms with E-state index >= 15 is 0 Å². The highest BCUT2D eigenvalue weighted by Gasteiger charge is 2.17. The summed E-state index contributed by atoms with van der Waals surface area (Å²) in [4.78, 5) is 24.4. The first-order chi connectivity index (χ1) is 13.8. The van der Waals surface area contributed by atoms with Crippen LogP contribution in [-0.4, -0.2) is 25.2 Å². The monoisotopic (exact) mass is 418 g/mol. The molecule has 2 unspecified atom stereocenters. The van der Waals surface area contributed by atoms with E-state index in [2.05, 4.69) is 55.4 Å². The number of hydrogen-bond acceptors (Lipinski definition) is 4. The zero-order chi connectivity index (χ0) is 22.9. The van der Waals surface area contributed by atoms with Gasteiger partial charge in [0.05, 0.1) is 24.3 Å². The fourth-order valence-electron chi connectivity index (χ4n) is 3.91. The highest BCUT2D eigenvalue weighted by molar-refractivity contribution is 5.93. The van der Waals surface area contributed by atoms with Crippen LogP contribution in [0.15, 0.2) is 24.3 Å². The topological polar surface area (TPSA) is 52.6 Å². The molecule has 0 spiro atoms. The zero-order valence-electron chi connectivity index (χ0n) is 20.3. The maximum Gasteiger partial charge on any atom is 0.338 e. The molecular weight excluding hydrogens is 376 g/mol. The number of hydrogen-bond donors (Lipinski definition) is 0. The van der Waals surface area contributed by atoms with Crippen LogP contribution in [0.3, 0.4) is 0 Å². The first-order valence-electron chi connectivity index (χ1n) is 11.2. The van der Waals surface area contributed by atoms with Gasteiger partial charge in [-0.15, -0.1) is 0 Å². The van der Waals surface area contributed by atoms with Crippen LogP contribution in [-0.2, 0) is 9.47 Å². The molecule has 4 nitrogen and oxygen atoms in total. The summed E-state index contributed by atoms with van der Waals surface area (Å²) in [5.74, 6) is 0.296. The fourth-order valence-corrected chi connectivity index (χ4v) is 3.91. The summed E-state index contributed by atoms with van der Waals surface area (Å²) in [6.45, 7) is 18.5. The highest BCUT2D eigenvalue weighted by atomic mass is 16.5. The van der Waals surface area contributed by atoms with Gasteiger partial charge in [0.25, 0.3) is 0 Å². The van der Waals surface area contributed by atoms with E-state index in [0.29, 0.717) is 36.2 Å². The molecule has 0 saturated carbocycles. The molecule has 4 heteroatoms. The predicted molar refractivity (Wildman–Crippen MR) is 123 cm³/mol. The van der Waals surface area contributed by atoms with Gasteiger partial charge in [-0.1, -0.05) is 55.4 Å². The number of carbonyl (C=O) groups excluding carboxylic acids is 2. The van der Waals surface area contributed by atoms with Crippen molar-refractivity contribution in [3.63, 3.8) is 0 Å². The molecule has 0 aliphatic heterocycles. The second-order valence-corrected chi connectivity index (χ2v) is 11.2. The van der Waals surface area contributed by atoms with Crippen molar-refractivity contribution < 1.29 is 19.1 Å². The Morgan fingerprint density at radius 3 is 1.27 bits per heavy atom. The Bertz CT molecular complexity index is 603. The normalized spacial score (nSPS) is 14.1. The first-order valence-corrected chi connectivity index (χ1v) is 11.2. The molecule has 170 valence electrons. The van der Waals surface area contributed by atoms with Gasteiger partial charge in [0.2, 0.25) is 0 Å². The molecule has 1 aromatic rings. The summed E-state index contributed by atoms with van der Waals surface area (Å²) >= 11 is 0. The van der Waals surface area contributed by atoms with Crippen molar-refractivity contribution in [2.75, 3.05) is 13.2 Å². The Balaban J connectivity index is 2.41. The van der Waals surface area contributed by atoms with Crippen LogP contribution in [0.5, 0.6) is 0 Å². The van der Waals surface area contributed by atoms with Crippen LogP contribution >= 0.6 is 0 Å². The molecule has 0 bridgehead atoms. The molecule has 0 aliphatic rings. The van der Waals surface area contributed by atoms with Gasteiger partial charge in [0.1, 0.15) is 0 Å². The van der Waals surface area contributed by atoms with Crippen LogP contribution in [0.1, 0.15) is 102 Å². The Morgan fingerprint density at radius 2 is 1.00 bits per heavy atom. The van der Waals surface area contributed by atoms with Gasteiger partial charge in [-0.25, -0.2) is 9.59 Å². The summed E-state index contributed by atoms with van der Waals surface area (Å²) in [6, 6.07) is 6.50. The summed E-state index contributed by atoms with van der Waals surface area (Å²) < 4.78 is 10.8. The van der Waals surface area contributed by atoms with Gasteiger partial charge in [-0.3, -0.25) is 0 Å². The average Bonchev–Trinajstić information content (AvgIpc) is 2.58. The molecule has 1 rings (SSSR count). The van der Waals surface area contributed by atoms with Crippen LogP contribution in [0.25, 0.3) is 0 Å². The third-order valence-electron chi connectivity index (χ3n) is 4.97. The smallest absolute Gasteiger partial charge is 0.338 e. The van der Waals surface area contributed by atoms with Gasteiger partial charge >= 0.3 is 11.9 Å². The minimum Gasteiger partial charge on any atom is -0.462 e. The molecule has 0 aromatic heterocycles. The molecule has 0 heterocycles. The molecule has 0 radical (unpaired) electrons. The Hall–Kier alpha value is -1.84. The van der Waals surface area contributed by atoms with Crippen molar-refractivity contribution in [1.29, 1.82) is 0 Å². The molecular formula is C26H42O4. The lowest BCUT2D eigenvalue weighted by Gasteiger charge is -2.23. The molecule has 0 N–H and O–H groups in total. The summed E-state index contributed by atoms with van der Waals surface area (Å²) in [6.07, 6.45) is 3.88. The molecule has 1 aromatic carbocycles. The maximum atomic E-state index is 12.2. The van der Waals surface area contributed by atoms with Crippen molar-refractivity contribution in [3.05, 3.63) is 35.4 Å². The predicted octanol–water partition coefficient (Wildman–Crippen LogP) is 6.93. The standard InChI is InChI=1S/C26H42O4/c1-19(17-25(3,4)5)13-15-29-23(27)21-9-11-22(12-10-21)24(28)30-16-14-20(2)18-26(6,7)8/h9-12,19-20H,13-18H2,1-8H3. The van der Waals surface area contributed by atoms with Gasteiger partial charge in [0.15, 0.2) is 0 Å². The fraction of sp³-hybridized carbons (Fsp3) is 0.692. The lowest BCUT2D eigenvalue weighted by molar-refractivity contribution is 0.0463. The minimum atomic E-state index is -0.353. The van der Waals surface area contributed by atoms with Crippen molar-refractivity contribution in [2.45, 2.75) is 81.1 Å². The number of benzene rings is 1. The largest absolute Gasteiger partial charge is 0.462 e. The summed E-state index contributed by atoms with van der Waals surface area (Å²) in [5, 5.41) is 0. The molecule has 0 amide bonds. The highest BCUT2D eigenvalue weighted by Crippen LogP contribution is 2.26. The third kappa shape index (κ3) is 11.4.